The van der Waals surface area contributed by atoms with Crippen molar-refractivity contribution >= 4 is 40.7 Å². The molecule has 1 aliphatic rings. The number of pyridine rings is 2. The molecule has 0 saturated carbocycles. The molecule has 1 aliphatic heterocycles. The smallest absolute Gasteiger partial charge is 0.318 e. The van der Waals surface area contributed by atoms with Gasteiger partial charge in [-0.15, -0.1) is 0 Å². The van der Waals surface area contributed by atoms with Gasteiger partial charge in [0.2, 0.25) is 0 Å². The first-order valence-corrected chi connectivity index (χ1v) is 10.8. The quantitative estimate of drug-likeness (QED) is 0.531. The number of carbonyl (C=O) groups excluding carboxylic acids is 1. The fourth-order valence-electron chi connectivity index (χ4n) is 3.59. The summed E-state index contributed by atoms with van der Waals surface area (Å²) in [5.41, 5.74) is 5.02. The van der Waals surface area contributed by atoms with Gasteiger partial charge in [-0.3, -0.25) is 4.98 Å². The van der Waals surface area contributed by atoms with Gasteiger partial charge in [-0.05, 0) is 67.3 Å². The van der Waals surface area contributed by atoms with Crippen LogP contribution in [0, 0.1) is 6.92 Å². The van der Waals surface area contributed by atoms with Crippen molar-refractivity contribution in [2.75, 3.05) is 11.9 Å². The second-order valence-corrected chi connectivity index (χ2v) is 8.48. The predicted molar refractivity (Wildman–Crippen MR) is 124 cm³/mol. The third-order valence-electron chi connectivity index (χ3n) is 5.34. The van der Waals surface area contributed by atoms with Gasteiger partial charge in [-0.1, -0.05) is 29.3 Å². The Morgan fingerprint density at radius 3 is 2.71 bits per heavy atom. The molecule has 0 aliphatic carbocycles. The zero-order valence-corrected chi connectivity index (χ0v) is 18.8. The van der Waals surface area contributed by atoms with Gasteiger partial charge in [0.05, 0.1) is 16.1 Å². The average Bonchev–Trinajstić information content (AvgIpc) is 2.75. The van der Waals surface area contributed by atoms with Crippen molar-refractivity contribution in [3.05, 3.63) is 81.2 Å². The van der Waals surface area contributed by atoms with Gasteiger partial charge in [0.1, 0.15) is 5.82 Å². The number of rotatable bonds is 4. The Morgan fingerprint density at radius 2 is 1.94 bits per heavy atom. The standard InChI is InChI=1S/C23H23Cl2N5O/c1-14-9-19(5-7-26-14)29-22-11-18-13-30(8-6-17(18)12-27-22)23(31)28-15(2)16-3-4-20(24)21(25)10-16/h3-5,7,9-12,15H,6,8,13H2,1-2H3,(H,28,31)(H,26,27,29)/t15-/m1/s1. The molecule has 2 N–H and O–H groups in total. The van der Waals surface area contributed by atoms with Crippen LogP contribution in [-0.2, 0) is 13.0 Å². The summed E-state index contributed by atoms with van der Waals surface area (Å²) in [7, 11) is 0. The Morgan fingerprint density at radius 1 is 1.10 bits per heavy atom. The number of nitrogens with one attached hydrogen (secondary N) is 2. The largest absolute Gasteiger partial charge is 0.340 e. The van der Waals surface area contributed by atoms with E-state index in [0.29, 0.717) is 23.1 Å². The number of aromatic nitrogens is 2. The molecule has 160 valence electrons. The van der Waals surface area contributed by atoms with Crippen molar-refractivity contribution in [2.45, 2.75) is 32.9 Å². The molecule has 3 heterocycles. The maximum atomic E-state index is 12.9. The highest BCUT2D eigenvalue weighted by Gasteiger charge is 2.23. The number of aryl methyl sites for hydroxylation is 1. The van der Waals surface area contributed by atoms with E-state index in [-0.39, 0.29) is 12.1 Å². The van der Waals surface area contributed by atoms with E-state index in [0.717, 1.165) is 40.3 Å². The average molecular weight is 456 g/mol. The minimum absolute atomic E-state index is 0.111. The molecule has 0 fully saturated rings. The fourth-order valence-corrected chi connectivity index (χ4v) is 3.90. The highest BCUT2D eigenvalue weighted by atomic mass is 35.5. The van der Waals surface area contributed by atoms with Crippen LogP contribution in [0.3, 0.4) is 0 Å². The fraction of sp³-hybridized carbons (Fsp3) is 0.261. The molecule has 1 aromatic carbocycles. The molecule has 0 radical (unpaired) electrons. The van der Waals surface area contributed by atoms with E-state index in [1.165, 1.54) is 0 Å². The maximum absolute atomic E-state index is 12.9. The number of benzene rings is 1. The minimum atomic E-state index is -0.187. The lowest BCUT2D eigenvalue weighted by molar-refractivity contribution is 0.189. The molecule has 4 rings (SSSR count). The highest BCUT2D eigenvalue weighted by Crippen LogP contribution is 2.26. The summed E-state index contributed by atoms with van der Waals surface area (Å²) in [4.78, 5) is 23.4. The van der Waals surface area contributed by atoms with Crippen LogP contribution in [0.15, 0.2) is 48.8 Å². The first-order valence-electron chi connectivity index (χ1n) is 10.1. The minimum Gasteiger partial charge on any atom is -0.340 e. The van der Waals surface area contributed by atoms with Crippen LogP contribution in [0.25, 0.3) is 0 Å². The first kappa shape index (κ1) is 21.4. The Labute approximate surface area is 191 Å². The van der Waals surface area contributed by atoms with E-state index in [2.05, 4.69) is 20.6 Å². The van der Waals surface area contributed by atoms with E-state index >= 15 is 0 Å². The van der Waals surface area contributed by atoms with E-state index in [1.807, 2.05) is 49.2 Å². The molecular weight excluding hydrogens is 433 g/mol. The number of nitrogens with zero attached hydrogens (tertiary/aromatic N) is 3. The maximum Gasteiger partial charge on any atom is 0.318 e. The molecule has 0 bridgehead atoms. The monoisotopic (exact) mass is 455 g/mol. The van der Waals surface area contributed by atoms with Crippen molar-refractivity contribution in [1.29, 1.82) is 0 Å². The number of hydrogen-bond donors (Lipinski definition) is 2. The first-order chi connectivity index (χ1) is 14.9. The molecule has 3 aromatic rings. The molecule has 2 aromatic heterocycles. The van der Waals surface area contributed by atoms with Crippen molar-refractivity contribution in [2.24, 2.45) is 0 Å². The van der Waals surface area contributed by atoms with Gasteiger partial charge >= 0.3 is 6.03 Å². The summed E-state index contributed by atoms with van der Waals surface area (Å²) >= 11 is 12.1. The van der Waals surface area contributed by atoms with Gasteiger partial charge in [-0.25, -0.2) is 9.78 Å². The summed E-state index contributed by atoms with van der Waals surface area (Å²) in [5.74, 6) is 0.746. The lowest BCUT2D eigenvalue weighted by atomic mass is 10.0. The molecule has 6 nitrogen and oxygen atoms in total. The van der Waals surface area contributed by atoms with Crippen molar-refractivity contribution in [1.82, 2.24) is 20.2 Å². The van der Waals surface area contributed by atoms with E-state index in [4.69, 9.17) is 23.2 Å². The SMILES string of the molecule is Cc1cc(Nc2cc3c(cn2)CCN(C(=O)N[C@H](C)c2ccc(Cl)c(Cl)c2)C3)ccn1. The van der Waals surface area contributed by atoms with Crippen LogP contribution in [0.2, 0.25) is 10.0 Å². The Bertz CT molecular complexity index is 1120. The summed E-state index contributed by atoms with van der Waals surface area (Å²) in [6, 6.07) is 11.0. The zero-order chi connectivity index (χ0) is 22.0. The Kier molecular flexibility index (Phi) is 6.30. The lowest BCUT2D eigenvalue weighted by Gasteiger charge is -2.30. The molecule has 0 saturated heterocycles. The van der Waals surface area contributed by atoms with Crippen LogP contribution in [0.5, 0.6) is 0 Å². The van der Waals surface area contributed by atoms with E-state index in [1.54, 1.807) is 18.3 Å². The molecule has 0 spiro atoms. The highest BCUT2D eigenvalue weighted by molar-refractivity contribution is 6.42. The van der Waals surface area contributed by atoms with Gasteiger partial charge in [0.25, 0.3) is 0 Å². The molecule has 0 unspecified atom stereocenters. The normalized spacial score (nSPS) is 14.0. The van der Waals surface area contributed by atoms with Gasteiger partial charge < -0.3 is 15.5 Å². The third kappa shape index (κ3) is 5.09. The summed E-state index contributed by atoms with van der Waals surface area (Å²) in [6.07, 6.45) is 4.42. The number of fused-ring (bicyclic) bond motifs is 1. The number of hydrogen-bond acceptors (Lipinski definition) is 4. The summed E-state index contributed by atoms with van der Waals surface area (Å²) in [5, 5.41) is 7.33. The van der Waals surface area contributed by atoms with Gasteiger partial charge in [0.15, 0.2) is 0 Å². The second kappa shape index (κ2) is 9.12. The predicted octanol–water partition coefficient (Wildman–Crippen LogP) is 5.66. The molecule has 2 amide bonds. The van der Waals surface area contributed by atoms with Crippen LogP contribution >= 0.6 is 23.2 Å². The second-order valence-electron chi connectivity index (χ2n) is 7.67. The molecule has 8 heteroatoms. The molecular formula is C23H23Cl2N5O. The summed E-state index contributed by atoms with van der Waals surface area (Å²) in [6.45, 7) is 5.05. The third-order valence-corrected chi connectivity index (χ3v) is 6.07. The van der Waals surface area contributed by atoms with Crippen molar-refractivity contribution in [3.8, 4) is 0 Å². The molecule has 1 atom stereocenters. The van der Waals surface area contributed by atoms with E-state index < -0.39 is 0 Å². The van der Waals surface area contributed by atoms with E-state index in [9.17, 15) is 4.79 Å². The summed E-state index contributed by atoms with van der Waals surface area (Å²) < 4.78 is 0. The van der Waals surface area contributed by atoms with Gasteiger partial charge in [-0.2, -0.15) is 0 Å². The number of amides is 2. The number of carbonyl (C=O) groups is 1. The Hall–Kier alpha value is -2.83. The van der Waals surface area contributed by atoms with Crippen LogP contribution in [0.4, 0.5) is 16.3 Å². The number of anilines is 2. The number of urea groups is 1. The molecule has 31 heavy (non-hydrogen) atoms. The Balaban J connectivity index is 1.43. The number of halogens is 2. The topological polar surface area (TPSA) is 70.2 Å². The van der Waals surface area contributed by atoms with Crippen LogP contribution in [-0.4, -0.2) is 27.4 Å². The van der Waals surface area contributed by atoms with Crippen molar-refractivity contribution < 1.29 is 4.79 Å². The zero-order valence-electron chi connectivity index (χ0n) is 17.3. The van der Waals surface area contributed by atoms with Gasteiger partial charge in [0, 0.05) is 36.9 Å². The van der Waals surface area contributed by atoms with Crippen LogP contribution in [0.1, 0.15) is 35.3 Å². The lowest BCUT2D eigenvalue weighted by Crippen LogP contribution is -2.43. The van der Waals surface area contributed by atoms with Crippen LogP contribution < -0.4 is 10.6 Å². The van der Waals surface area contributed by atoms with Crippen molar-refractivity contribution in [3.63, 3.8) is 0 Å².